The number of carbonyl (C=O) groups is 1. The van der Waals surface area contributed by atoms with E-state index >= 15 is 0 Å². The smallest absolute Gasteiger partial charge is 0.247 e. The number of carbonyl (C=O) groups excluding carboxylic acids is 1. The van der Waals surface area contributed by atoms with Crippen LogP contribution in [0.4, 0.5) is 0 Å². The molecule has 0 spiro atoms. The molecule has 1 aliphatic heterocycles. The lowest BCUT2D eigenvalue weighted by atomic mass is 10.2. The molecule has 0 N–H and O–H groups in total. The summed E-state index contributed by atoms with van der Waals surface area (Å²) >= 11 is 0. The maximum absolute atomic E-state index is 12.2. The number of nitrogens with zero attached hydrogens (tertiary/aromatic N) is 4. The number of aromatic nitrogens is 3. The van der Waals surface area contributed by atoms with Crippen molar-refractivity contribution in [2.75, 3.05) is 6.54 Å². The van der Waals surface area contributed by atoms with Crippen LogP contribution in [0.15, 0.2) is 41.3 Å². The molecular formula is C14H16N4O2. The number of hydrogen-bond donors (Lipinski definition) is 0. The lowest BCUT2D eigenvalue weighted by Crippen LogP contribution is -2.37. The Morgan fingerprint density at radius 1 is 1.45 bits per heavy atom. The Morgan fingerprint density at radius 2 is 2.30 bits per heavy atom. The summed E-state index contributed by atoms with van der Waals surface area (Å²) < 4.78 is 5.18. The summed E-state index contributed by atoms with van der Waals surface area (Å²) in [5.74, 6) is 0.693. The third kappa shape index (κ3) is 2.79. The summed E-state index contributed by atoms with van der Waals surface area (Å²) in [5, 5.41) is 8.19. The minimum Gasteiger partial charge on any atom is -0.465 e. The Labute approximate surface area is 116 Å². The lowest BCUT2D eigenvalue weighted by Gasteiger charge is -2.22. The zero-order chi connectivity index (χ0) is 13.8. The number of hydrogen-bond acceptors (Lipinski definition) is 4. The number of rotatable bonds is 4. The first kappa shape index (κ1) is 12.7. The highest BCUT2D eigenvalue weighted by Crippen LogP contribution is 2.19. The van der Waals surface area contributed by atoms with Crippen LogP contribution in [0.25, 0.3) is 6.08 Å². The summed E-state index contributed by atoms with van der Waals surface area (Å²) in [4.78, 5) is 15.7. The number of furan rings is 1. The van der Waals surface area contributed by atoms with E-state index in [9.17, 15) is 4.79 Å². The van der Waals surface area contributed by atoms with Crippen LogP contribution in [-0.2, 0) is 11.3 Å². The third-order valence-corrected chi connectivity index (χ3v) is 3.43. The van der Waals surface area contributed by atoms with Gasteiger partial charge in [-0.15, -0.1) is 0 Å². The number of amides is 1. The Balaban J connectivity index is 1.64. The van der Waals surface area contributed by atoms with Crippen LogP contribution >= 0.6 is 0 Å². The second-order valence-electron chi connectivity index (χ2n) is 4.76. The second-order valence-corrected chi connectivity index (χ2v) is 4.76. The van der Waals surface area contributed by atoms with Gasteiger partial charge in [-0.2, -0.15) is 15.0 Å². The van der Waals surface area contributed by atoms with Crippen molar-refractivity contribution in [1.82, 2.24) is 19.9 Å². The van der Waals surface area contributed by atoms with Crippen LogP contribution in [0.3, 0.4) is 0 Å². The maximum atomic E-state index is 12.2. The van der Waals surface area contributed by atoms with Crippen molar-refractivity contribution in [1.29, 1.82) is 0 Å². The van der Waals surface area contributed by atoms with Crippen LogP contribution in [0.2, 0.25) is 0 Å². The van der Waals surface area contributed by atoms with Crippen LogP contribution in [0.5, 0.6) is 0 Å². The van der Waals surface area contributed by atoms with E-state index in [1.165, 1.54) is 0 Å². The molecule has 0 bridgehead atoms. The molecule has 1 atom stereocenters. The van der Waals surface area contributed by atoms with Crippen LogP contribution < -0.4 is 0 Å². The van der Waals surface area contributed by atoms with Gasteiger partial charge in [0, 0.05) is 12.6 Å². The summed E-state index contributed by atoms with van der Waals surface area (Å²) in [6.45, 7) is 1.43. The fraction of sp³-hybridized carbons (Fsp3) is 0.357. The van der Waals surface area contributed by atoms with Crippen molar-refractivity contribution < 1.29 is 9.21 Å². The minimum atomic E-state index is 0.0102. The standard InChI is InChI=1S/C14H16N4O2/c19-14(6-5-13-4-2-10-20-13)17-9-1-3-12(17)11-18-15-7-8-16-18/h2,4-8,10,12H,1,3,9,11H2/b6-5+. The van der Waals surface area contributed by atoms with E-state index in [1.54, 1.807) is 41.7 Å². The SMILES string of the molecule is O=C(/C=C/c1ccco1)N1CCCC1Cn1nccn1. The van der Waals surface area contributed by atoms with Gasteiger partial charge in [-0.3, -0.25) is 4.79 Å². The molecule has 6 nitrogen and oxygen atoms in total. The van der Waals surface area contributed by atoms with Gasteiger partial charge in [-0.1, -0.05) is 0 Å². The van der Waals surface area contributed by atoms with Crippen LogP contribution in [-0.4, -0.2) is 38.4 Å². The summed E-state index contributed by atoms with van der Waals surface area (Å²) in [5.41, 5.74) is 0. The summed E-state index contributed by atoms with van der Waals surface area (Å²) in [6, 6.07) is 3.78. The molecule has 0 aliphatic carbocycles. The van der Waals surface area contributed by atoms with Crippen LogP contribution in [0, 0.1) is 0 Å². The van der Waals surface area contributed by atoms with Crippen molar-refractivity contribution in [2.45, 2.75) is 25.4 Å². The Morgan fingerprint density at radius 3 is 3.05 bits per heavy atom. The molecule has 20 heavy (non-hydrogen) atoms. The van der Waals surface area contributed by atoms with Gasteiger partial charge in [-0.25, -0.2) is 0 Å². The zero-order valence-corrected chi connectivity index (χ0v) is 11.1. The topological polar surface area (TPSA) is 64.2 Å². The molecule has 0 aromatic carbocycles. The van der Waals surface area contributed by atoms with Gasteiger partial charge in [0.2, 0.25) is 5.91 Å². The quantitative estimate of drug-likeness (QED) is 0.793. The Hall–Kier alpha value is -2.37. The largest absolute Gasteiger partial charge is 0.465 e. The molecule has 1 saturated heterocycles. The highest BCUT2D eigenvalue weighted by Gasteiger charge is 2.28. The van der Waals surface area contributed by atoms with E-state index in [4.69, 9.17) is 4.42 Å². The molecule has 2 aromatic rings. The van der Waals surface area contributed by atoms with Gasteiger partial charge >= 0.3 is 0 Å². The fourth-order valence-corrected chi connectivity index (χ4v) is 2.48. The van der Waals surface area contributed by atoms with Gasteiger partial charge in [0.25, 0.3) is 0 Å². The predicted octanol–water partition coefficient (Wildman–Crippen LogP) is 1.58. The van der Waals surface area contributed by atoms with Crippen molar-refractivity contribution >= 4 is 12.0 Å². The summed E-state index contributed by atoms with van der Waals surface area (Å²) in [7, 11) is 0. The highest BCUT2D eigenvalue weighted by atomic mass is 16.3. The molecule has 104 valence electrons. The first-order valence-electron chi connectivity index (χ1n) is 6.69. The van der Waals surface area contributed by atoms with E-state index in [1.807, 2.05) is 11.0 Å². The highest BCUT2D eigenvalue weighted by molar-refractivity contribution is 5.91. The predicted molar refractivity (Wildman–Crippen MR) is 72.5 cm³/mol. The monoisotopic (exact) mass is 272 g/mol. The summed E-state index contributed by atoms with van der Waals surface area (Å²) in [6.07, 6.45) is 10.2. The van der Waals surface area contributed by atoms with Crippen LogP contribution in [0.1, 0.15) is 18.6 Å². The molecule has 2 aromatic heterocycles. The maximum Gasteiger partial charge on any atom is 0.247 e. The van der Waals surface area contributed by atoms with Gasteiger partial charge in [0.1, 0.15) is 5.76 Å². The molecule has 1 fully saturated rings. The van der Waals surface area contributed by atoms with E-state index in [2.05, 4.69) is 10.2 Å². The van der Waals surface area contributed by atoms with Crippen molar-refractivity contribution in [3.8, 4) is 0 Å². The van der Waals surface area contributed by atoms with Crippen molar-refractivity contribution in [2.24, 2.45) is 0 Å². The van der Waals surface area contributed by atoms with Crippen molar-refractivity contribution in [3.05, 3.63) is 42.6 Å². The molecule has 0 saturated carbocycles. The third-order valence-electron chi connectivity index (χ3n) is 3.43. The molecule has 1 unspecified atom stereocenters. The van der Waals surface area contributed by atoms with E-state index in [-0.39, 0.29) is 11.9 Å². The number of likely N-dealkylation sites (tertiary alicyclic amines) is 1. The molecule has 1 amide bonds. The van der Waals surface area contributed by atoms with Gasteiger partial charge in [0.15, 0.2) is 0 Å². The van der Waals surface area contributed by atoms with E-state index in [0.717, 1.165) is 19.4 Å². The first-order chi connectivity index (χ1) is 9.83. The molecule has 0 radical (unpaired) electrons. The van der Waals surface area contributed by atoms with Gasteiger partial charge < -0.3 is 9.32 Å². The Kier molecular flexibility index (Phi) is 3.62. The minimum absolute atomic E-state index is 0.0102. The molecular weight excluding hydrogens is 256 g/mol. The fourth-order valence-electron chi connectivity index (χ4n) is 2.48. The van der Waals surface area contributed by atoms with Gasteiger partial charge in [0.05, 0.1) is 31.2 Å². The van der Waals surface area contributed by atoms with E-state index in [0.29, 0.717) is 12.3 Å². The Bertz CT molecular complexity index is 574. The molecule has 3 heterocycles. The zero-order valence-electron chi connectivity index (χ0n) is 11.1. The first-order valence-corrected chi connectivity index (χ1v) is 6.69. The second kappa shape index (κ2) is 5.73. The molecule has 6 heteroatoms. The molecule has 3 rings (SSSR count). The average Bonchev–Trinajstić information content (AvgIpc) is 3.19. The van der Waals surface area contributed by atoms with Gasteiger partial charge in [-0.05, 0) is 31.1 Å². The normalized spacial score (nSPS) is 19.0. The average molecular weight is 272 g/mol. The molecule has 1 aliphatic rings. The lowest BCUT2D eigenvalue weighted by molar-refractivity contribution is -0.127. The van der Waals surface area contributed by atoms with E-state index < -0.39 is 0 Å². The van der Waals surface area contributed by atoms with Crippen molar-refractivity contribution in [3.63, 3.8) is 0 Å².